The Morgan fingerprint density at radius 1 is 0.935 bits per heavy atom. The Bertz CT molecular complexity index is 1110. The van der Waals surface area contributed by atoms with Gasteiger partial charge in [-0.25, -0.2) is 4.98 Å². The summed E-state index contributed by atoms with van der Waals surface area (Å²) in [6.45, 7) is 4.32. The third-order valence-electron chi connectivity index (χ3n) is 5.43. The van der Waals surface area contributed by atoms with Crippen LogP contribution in [0.1, 0.15) is 33.0 Å². The van der Waals surface area contributed by atoms with Crippen molar-refractivity contribution in [2.24, 2.45) is 4.99 Å². The third kappa shape index (κ3) is 4.14. The summed E-state index contributed by atoms with van der Waals surface area (Å²) < 4.78 is 2.22. The molecule has 1 aromatic heterocycles. The number of nitrogens with zero attached hydrogens (tertiary/aromatic N) is 4. The number of para-hydroxylation sites is 2. The first-order valence-corrected chi connectivity index (χ1v) is 10.4. The van der Waals surface area contributed by atoms with E-state index >= 15 is 0 Å². The highest BCUT2D eigenvalue weighted by atomic mass is 16.2. The van der Waals surface area contributed by atoms with Gasteiger partial charge in [-0.15, -0.1) is 0 Å². The molecule has 0 aliphatic carbocycles. The number of imide groups is 1. The Kier molecular flexibility index (Phi) is 5.97. The maximum Gasteiger partial charge on any atom is 0.261 e. The van der Waals surface area contributed by atoms with E-state index in [1.165, 1.54) is 4.90 Å². The molecule has 31 heavy (non-hydrogen) atoms. The largest absolute Gasteiger partial charge is 0.356 e. The number of hydrogen-bond donors (Lipinski definition) is 2. The lowest BCUT2D eigenvalue weighted by Crippen LogP contribution is -2.43. The van der Waals surface area contributed by atoms with Gasteiger partial charge in [0.25, 0.3) is 11.8 Å². The lowest BCUT2D eigenvalue weighted by Gasteiger charge is -2.16. The molecule has 0 fully saturated rings. The number of fused-ring (bicyclic) bond motifs is 2. The number of carbonyl (C=O) groups excluding carboxylic acids is 2. The van der Waals surface area contributed by atoms with Crippen molar-refractivity contribution in [2.45, 2.75) is 19.9 Å². The van der Waals surface area contributed by atoms with Gasteiger partial charge in [-0.1, -0.05) is 24.3 Å². The van der Waals surface area contributed by atoms with Crippen molar-refractivity contribution in [1.29, 1.82) is 0 Å². The van der Waals surface area contributed by atoms with Gasteiger partial charge in [0.15, 0.2) is 5.96 Å². The summed E-state index contributed by atoms with van der Waals surface area (Å²) >= 11 is 0. The van der Waals surface area contributed by atoms with Gasteiger partial charge in [0, 0.05) is 33.2 Å². The molecular weight excluding hydrogens is 392 g/mol. The van der Waals surface area contributed by atoms with Gasteiger partial charge in [0.2, 0.25) is 0 Å². The van der Waals surface area contributed by atoms with Crippen molar-refractivity contribution in [2.75, 3.05) is 26.7 Å². The molecule has 8 heteroatoms. The first kappa shape index (κ1) is 20.6. The summed E-state index contributed by atoms with van der Waals surface area (Å²) in [7, 11) is 1.70. The Balaban J connectivity index is 1.23. The zero-order valence-electron chi connectivity index (χ0n) is 17.8. The fourth-order valence-electron chi connectivity index (χ4n) is 3.87. The molecule has 0 radical (unpaired) electrons. The SMILES string of the molecule is CN=C(NCCCn1c(C)nc2ccccc21)NCCN1C(=O)c2ccccc2C1=O. The Morgan fingerprint density at radius 3 is 2.29 bits per heavy atom. The number of amides is 2. The average Bonchev–Trinajstić information content (AvgIpc) is 3.23. The van der Waals surface area contributed by atoms with Crippen molar-refractivity contribution in [3.8, 4) is 0 Å². The Hall–Kier alpha value is -3.68. The first-order valence-electron chi connectivity index (χ1n) is 10.4. The minimum absolute atomic E-state index is 0.242. The number of aliphatic imine (C=N–C) groups is 1. The standard InChI is InChI=1S/C23H26N6O2/c1-16-27-19-10-5-6-11-20(19)28(16)14-7-12-25-23(24-2)26-13-15-29-21(30)17-8-3-4-9-18(17)22(29)31/h3-6,8-11H,7,12-15H2,1-2H3,(H2,24,25,26). The van der Waals surface area contributed by atoms with Crippen molar-refractivity contribution < 1.29 is 9.59 Å². The maximum atomic E-state index is 12.4. The number of aromatic nitrogens is 2. The second kappa shape index (κ2) is 8.99. The van der Waals surface area contributed by atoms with Crippen LogP contribution < -0.4 is 10.6 Å². The van der Waals surface area contributed by atoms with Crippen LogP contribution in [-0.4, -0.2) is 58.9 Å². The van der Waals surface area contributed by atoms with Crippen molar-refractivity contribution in [3.05, 3.63) is 65.5 Å². The number of aryl methyl sites for hydroxylation is 2. The minimum atomic E-state index is -0.242. The zero-order valence-corrected chi connectivity index (χ0v) is 17.8. The highest BCUT2D eigenvalue weighted by Crippen LogP contribution is 2.21. The summed E-state index contributed by atoms with van der Waals surface area (Å²) in [6.07, 6.45) is 0.903. The van der Waals surface area contributed by atoms with Crippen LogP contribution in [-0.2, 0) is 6.54 Å². The summed E-state index contributed by atoms with van der Waals surface area (Å²) in [5.74, 6) is 1.16. The normalized spacial score (nSPS) is 13.7. The molecule has 160 valence electrons. The smallest absolute Gasteiger partial charge is 0.261 e. The minimum Gasteiger partial charge on any atom is -0.356 e. The molecule has 8 nitrogen and oxygen atoms in total. The Morgan fingerprint density at radius 2 is 1.58 bits per heavy atom. The van der Waals surface area contributed by atoms with Gasteiger partial charge < -0.3 is 15.2 Å². The van der Waals surface area contributed by atoms with E-state index in [9.17, 15) is 9.59 Å². The fraction of sp³-hybridized carbons (Fsp3) is 0.304. The zero-order chi connectivity index (χ0) is 21.8. The van der Waals surface area contributed by atoms with Crippen molar-refractivity contribution >= 4 is 28.8 Å². The van der Waals surface area contributed by atoms with Crippen LogP contribution in [0.25, 0.3) is 11.0 Å². The van der Waals surface area contributed by atoms with Gasteiger partial charge in [-0.2, -0.15) is 0 Å². The predicted molar refractivity (Wildman–Crippen MR) is 120 cm³/mol. The summed E-state index contributed by atoms with van der Waals surface area (Å²) in [6, 6.07) is 15.1. The molecule has 2 N–H and O–H groups in total. The van der Waals surface area contributed by atoms with Gasteiger partial charge in [0.1, 0.15) is 5.82 Å². The third-order valence-corrected chi connectivity index (χ3v) is 5.43. The van der Waals surface area contributed by atoms with Crippen LogP contribution in [0.3, 0.4) is 0 Å². The van der Waals surface area contributed by atoms with Crippen molar-refractivity contribution in [1.82, 2.24) is 25.1 Å². The van der Waals surface area contributed by atoms with E-state index in [-0.39, 0.29) is 18.4 Å². The molecular formula is C23H26N6O2. The molecule has 2 heterocycles. The molecule has 0 saturated carbocycles. The molecule has 0 bridgehead atoms. The number of nitrogens with one attached hydrogen (secondary N) is 2. The predicted octanol–water partition coefficient (Wildman–Crippen LogP) is 2.20. The van der Waals surface area contributed by atoms with E-state index in [2.05, 4.69) is 31.2 Å². The van der Waals surface area contributed by atoms with Gasteiger partial charge in [-0.05, 0) is 37.6 Å². The van der Waals surface area contributed by atoms with E-state index in [0.29, 0.717) is 23.6 Å². The average molecular weight is 419 g/mol. The second-order valence-electron chi connectivity index (χ2n) is 7.39. The summed E-state index contributed by atoms with van der Waals surface area (Å²) in [4.78, 5) is 34.9. The lowest BCUT2D eigenvalue weighted by atomic mass is 10.1. The van der Waals surface area contributed by atoms with Crippen LogP contribution in [0.5, 0.6) is 0 Å². The topological polar surface area (TPSA) is 91.6 Å². The highest BCUT2D eigenvalue weighted by molar-refractivity contribution is 6.21. The van der Waals surface area contributed by atoms with E-state index < -0.39 is 0 Å². The maximum absolute atomic E-state index is 12.4. The molecule has 0 atom stereocenters. The quantitative estimate of drug-likeness (QED) is 0.266. The fourth-order valence-corrected chi connectivity index (χ4v) is 3.87. The van der Waals surface area contributed by atoms with E-state index in [1.54, 1.807) is 31.3 Å². The molecule has 4 rings (SSSR count). The number of carbonyl (C=O) groups is 2. The van der Waals surface area contributed by atoms with E-state index in [4.69, 9.17) is 0 Å². The van der Waals surface area contributed by atoms with Crippen LogP contribution in [0.2, 0.25) is 0 Å². The van der Waals surface area contributed by atoms with Gasteiger partial charge in [0.05, 0.1) is 22.2 Å². The summed E-state index contributed by atoms with van der Waals surface area (Å²) in [5, 5.41) is 6.45. The molecule has 1 aliphatic heterocycles. The van der Waals surface area contributed by atoms with E-state index in [0.717, 1.165) is 36.4 Å². The molecule has 0 unspecified atom stereocenters. The second-order valence-corrected chi connectivity index (χ2v) is 7.39. The number of imidazole rings is 1. The summed E-state index contributed by atoms with van der Waals surface area (Å²) in [5.41, 5.74) is 3.09. The molecule has 2 aromatic carbocycles. The van der Waals surface area contributed by atoms with Crippen LogP contribution in [0.15, 0.2) is 53.5 Å². The molecule has 3 aromatic rings. The number of guanidine groups is 1. The van der Waals surface area contributed by atoms with Gasteiger partial charge in [-0.3, -0.25) is 19.5 Å². The number of rotatable bonds is 7. The lowest BCUT2D eigenvalue weighted by molar-refractivity contribution is 0.0657. The molecule has 0 saturated heterocycles. The highest BCUT2D eigenvalue weighted by Gasteiger charge is 2.34. The Labute approximate surface area is 181 Å². The molecule has 0 spiro atoms. The van der Waals surface area contributed by atoms with Gasteiger partial charge >= 0.3 is 0 Å². The number of hydrogen-bond acceptors (Lipinski definition) is 4. The van der Waals surface area contributed by atoms with E-state index in [1.807, 2.05) is 25.1 Å². The van der Waals surface area contributed by atoms with Crippen LogP contribution in [0.4, 0.5) is 0 Å². The van der Waals surface area contributed by atoms with Crippen LogP contribution >= 0.6 is 0 Å². The molecule has 1 aliphatic rings. The monoisotopic (exact) mass is 418 g/mol. The first-order chi connectivity index (χ1) is 15.1. The number of benzene rings is 2. The van der Waals surface area contributed by atoms with Crippen LogP contribution in [0, 0.1) is 6.92 Å². The molecule has 2 amide bonds. The van der Waals surface area contributed by atoms with Crippen molar-refractivity contribution in [3.63, 3.8) is 0 Å².